The molecule has 2 aromatic heterocycles. The first-order valence-corrected chi connectivity index (χ1v) is 10.0. The van der Waals surface area contributed by atoms with Gasteiger partial charge < -0.3 is 4.74 Å². The molecule has 0 aliphatic rings. The van der Waals surface area contributed by atoms with E-state index in [1.165, 1.54) is 34.7 Å². The predicted octanol–water partition coefficient (Wildman–Crippen LogP) is 1.24. The van der Waals surface area contributed by atoms with Gasteiger partial charge in [-0.2, -0.15) is 5.26 Å². The molecule has 0 bridgehead atoms. The third kappa shape index (κ3) is 4.84. The molecule has 0 spiro atoms. The Morgan fingerprint density at radius 1 is 1.21 bits per heavy atom. The van der Waals surface area contributed by atoms with E-state index >= 15 is 0 Å². The Bertz CT molecular complexity index is 1240. The lowest BCUT2D eigenvalue weighted by atomic mass is 10.2. The fourth-order valence-electron chi connectivity index (χ4n) is 2.49. The molecule has 2 heterocycles. The molecule has 148 valence electrons. The molecule has 0 aliphatic heterocycles. The van der Waals surface area contributed by atoms with Gasteiger partial charge in [-0.1, -0.05) is 6.07 Å². The molecule has 29 heavy (non-hydrogen) atoms. The van der Waals surface area contributed by atoms with Crippen LogP contribution in [0.3, 0.4) is 0 Å². The zero-order chi connectivity index (χ0) is 20.9. The zero-order valence-electron chi connectivity index (χ0n) is 15.1. The van der Waals surface area contributed by atoms with Gasteiger partial charge in [0.2, 0.25) is 10.0 Å². The first kappa shape index (κ1) is 20.2. The van der Waals surface area contributed by atoms with E-state index in [9.17, 15) is 18.0 Å². The van der Waals surface area contributed by atoms with Crippen LogP contribution in [0.1, 0.15) is 22.5 Å². The maximum absolute atomic E-state index is 12.2. The van der Waals surface area contributed by atoms with E-state index in [0.717, 1.165) is 0 Å². The summed E-state index contributed by atoms with van der Waals surface area (Å²) in [5, 5.41) is 8.47. The molecule has 3 rings (SSSR count). The molecule has 0 saturated carbocycles. The van der Waals surface area contributed by atoms with Crippen molar-refractivity contribution in [3.8, 4) is 6.07 Å². The van der Waals surface area contributed by atoms with Crippen molar-refractivity contribution in [2.45, 2.75) is 17.9 Å². The summed E-state index contributed by atoms with van der Waals surface area (Å²) >= 11 is 0. The first-order valence-electron chi connectivity index (χ1n) is 8.52. The van der Waals surface area contributed by atoms with Gasteiger partial charge in [-0.15, -0.1) is 0 Å². The molecule has 0 unspecified atom stereocenters. The fraction of sp³-hybridized carbons (Fsp3) is 0.158. The van der Waals surface area contributed by atoms with Crippen molar-refractivity contribution >= 4 is 21.6 Å². The first-order chi connectivity index (χ1) is 13.9. The van der Waals surface area contributed by atoms with Crippen LogP contribution in [-0.4, -0.2) is 30.3 Å². The molecule has 0 amide bonds. The molecule has 0 saturated heterocycles. The van der Waals surface area contributed by atoms with Crippen molar-refractivity contribution in [3.63, 3.8) is 0 Å². The number of pyridine rings is 1. The van der Waals surface area contributed by atoms with E-state index < -0.39 is 16.0 Å². The molecule has 0 atom stereocenters. The Hall–Kier alpha value is -3.55. The van der Waals surface area contributed by atoms with Crippen molar-refractivity contribution in [1.29, 1.82) is 5.26 Å². The molecule has 10 heteroatoms. The summed E-state index contributed by atoms with van der Waals surface area (Å²) in [6, 6.07) is 13.4. The van der Waals surface area contributed by atoms with Crippen LogP contribution in [-0.2, 0) is 21.4 Å². The monoisotopic (exact) mass is 412 g/mol. The normalized spacial score (nSPS) is 11.1. The van der Waals surface area contributed by atoms with Crippen LogP contribution in [0.25, 0.3) is 5.65 Å². The summed E-state index contributed by atoms with van der Waals surface area (Å²) in [5.41, 5.74) is 0.596. The summed E-state index contributed by atoms with van der Waals surface area (Å²) in [5.74, 6) is -0.679. The van der Waals surface area contributed by atoms with Crippen molar-refractivity contribution in [2.24, 2.45) is 0 Å². The smallest absolute Gasteiger partial charge is 0.338 e. The predicted molar refractivity (Wildman–Crippen MR) is 102 cm³/mol. The Morgan fingerprint density at radius 2 is 1.97 bits per heavy atom. The van der Waals surface area contributed by atoms with Crippen LogP contribution in [0.2, 0.25) is 0 Å². The lowest BCUT2D eigenvalue weighted by Crippen LogP contribution is -2.24. The molecule has 0 fully saturated rings. The highest BCUT2D eigenvalue weighted by atomic mass is 32.2. The van der Waals surface area contributed by atoms with Crippen molar-refractivity contribution in [1.82, 2.24) is 14.1 Å². The van der Waals surface area contributed by atoms with Crippen molar-refractivity contribution in [2.75, 3.05) is 6.54 Å². The van der Waals surface area contributed by atoms with Gasteiger partial charge in [0.15, 0.2) is 0 Å². The highest BCUT2D eigenvalue weighted by Gasteiger charge is 2.15. The van der Waals surface area contributed by atoms with Gasteiger partial charge in [-0.3, -0.25) is 9.20 Å². The van der Waals surface area contributed by atoms with Gasteiger partial charge in [-0.25, -0.2) is 22.9 Å². The van der Waals surface area contributed by atoms with Crippen molar-refractivity contribution < 1.29 is 17.9 Å². The van der Waals surface area contributed by atoms with E-state index in [0.29, 0.717) is 11.3 Å². The second-order valence-corrected chi connectivity index (χ2v) is 7.69. The number of rotatable bonds is 7. The summed E-state index contributed by atoms with van der Waals surface area (Å²) in [6.45, 7) is -0.198. The average Bonchev–Trinajstić information content (AvgIpc) is 2.72. The number of nitrogens with one attached hydrogen (secondary N) is 1. The average molecular weight is 412 g/mol. The highest BCUT2D eigenvalue weighted by molar-refractivity contribution is 7.89. The molecule has 1 aromatic carbocycles. The minimum atomic E-state index is -3.76. The number of esters is 1. The Morgan fingerprint density at radius 3 is 2.69 bits per heavy atom. The number of carbonyl (C=O) groups is 1. The maximum Gasteiger partial charge on any atom is 0.338 e. The van der Waals surface area contributed by atoms with Crippen LogP contribution >= 0.6 is 0 Å². The molecule has 9 nitrogen and oxygen atoms in total. The van der Waals surface area contributed by atoms with E-state index in [-0.39, 0.29) is 35.6 Å². The third-order valence-corrected chi connectivity index (χ3v) is 5.38. The van der Waals surface area contributed by atoms with Crippen LogP contribution in [0.5, 0.6) is 0 Å². The Labute approximate surface area is 166 Å². The van der Waals surface area contributed by atoms with Gasteiger partial charge >= 0.3 is 5.97 Å². The lowest BCUT2D eigenvalue weighted by molar-refractivity contribution is 0.0467. The zero-order valence-corrected chi connectivity index (χ0v) is 15.9. The number of hydrogen-bond acceptors (Lipinski definition) is 7. The van der Waals surface area contributed by atoms with Crippen LogP contribution in [0.15, 0.2) is 64.4 Å². The number of benzene rings is 1. The van der Waals surface area contributed by atoms with E-state index in [1.54, 1.807) is 24.4 Å². The van der Waals surface area contributed by atoms with Crippen LogP contribution in [0, 0.1) is 11.3 Å². The number of hydrogen-bond donors (Lipinski definition) is 1. The third-order valence-electron chi connectivity index (χ3n) is 3.90. The standard InChI is InChI=1S/C19H16N4O5S/c20-9-3-10-21-29(26,27)16-7-5-14(6-8-16)19(25)28-13-15-12-18(24)23-11-2-1-4-17(23)22-15/h1-2,4-8,11-12,21H,3,10,13H2. The lowest BCUT2D eigenvalue weighted by Gasteiger charge is -2.08. The van der Waals surface area contributed by atoms with Gasteiger partial charge in [0.05, 0.1) is 22.2 Å². The van der Waals surface area contributed by atoms with Crippen LogP contribution in [0.4, 0.5) is 0 Å². The summed E-state index contributed by atoms with van der Waals surface area (Å²) in [7, 11) is -3.76. The molecular weight excluding hydrogens is 396 g/mol. The molecular formula is C19H16N4O5S. The number of nitrogens with zero attached hydrogens (tertiary/aromatic N) is 3. The molecule has 0 radical (unpaired) electrons. The SMILES string of the molecule is N#CCCNS(=O)(=O)c1ccc(C(=O)OCc2cc(=O)n3ccccc3n2)cc1. The van der Waals surface area contributed by atoms with E-state index in [2.05, 4.69) is 9.71 Å². The molecule has 3 aromatic rings. The number of nitriles is 1. The molecule has 0 aliphatic carbocycles. The number of sulfonamides is 1. The Kier molecular flexibility index (Phi) is 6.01. The topological polar surface area (TPSA) is 131 Å². The number of carbonyl (C=O) groups excluding carboxylic acids is 1. The van der Waals surface area contributed by atoms with E-state index in [4.69, 9.17) is 10.00 Å². The van der Waals surface area contributed by atoms with Gasteiger partial charge in [0, 0.05) is 25.2 Å². The van der Waals surface area contributed by atoms with Crippen molar-refractivity contribution in [3.05, 3.63) is 76.3 Å². The van der Waals surface area contributed by atoms with Gasteiger partial charge in [0.25, 0.3) is 5.56 Å². The van der Waals surface area contributed by atoms with E-state index in [1.807, 2.05) is 6.07 Å². The summed E-state index contributed by atoms with van der Waals surface area (Å²) in [6.07, 6.45) is 1.64. The fourth-order valence-corrected chi connectivity index (χ4v) is 3.53. The largest absolute Gasteiger partial charge is 0.456 e. The summed E-state index contributed by atoms with van der Waals surface area (Å²) < 4.78 is 33.0. The Balaban J connectivity index is 1.67. The molecule has 1 N–H and O–H groups in total. The number of aromatic nitrogens is 2. The minimum absolute atomic E-state index is 0.00136. The van der Waals surface area contributed by atoms with Gasteiger partial charge in [-0.05, 0) is 36.4 Å². The number of fused-ring (bicyclic) bond motifs is 1. The number of ether oxygens (including phenoxy) is 1. The van der Waals surface area contributed by atoms with Crippen LogP contribution < -0.4 is 10.3 Å². The quantitative estimate of drug-likeness (QED) is 0.456. The minimum Gasteiger partial charge on any atom is -0.456 e. The second-order valence-electron chi connectivity index (χ2n) is 5.92. The summed E-state index contributed by atoms with van der Waals surface area (Å²) in [4.78, 5) is 28.5. The highest BCUT2D eigenvalue weighted by Crippen LogP contribution is 2.12. The van der Waals surface area contributed by atoms with Gasteiger partial charge in [0.1, 0.15) is 12.3 Å². The maximum atomic E-state index is 12.2. The second kappa shape index (κ2) is 8.64.